The molecule has 0 fully saturated rings. The molecular formula is C16H26N4O10S2. The maximum absolute atomic E-state index is 13.0. The predicted octanol–water partition coefficient (Wildman–Crippen LogP) is -2.55. The fourth-order valence-electron chi connectivity index (χ4n) is 2.28. The minimum atomic E-state index is -2.49. The number of hydrogen-bond donors (Lipinski definition) is 8. The van der Waals surface area contributed by atoms with Gasteiger partial charge in [0.2, 0.25) is 0 Å². The van der Waals surface area contributed by atoms with Crippen molar-refractivity contribution in [2.24, 2.45) is 22.9 Å². The van der Waals surface area contributed by atoms with Crippen LogP contribution in [0.3, 0.4) is 0 Å². The van der Waals surface area contributed by atoms with Crippen LogP contribution in [0.25, 0.3) is 0 Å². The maximum atomic E-state index is 13.0. The lowest BCUT2D eigenvalue weighted by molar-refractivity contribution is -0.145. The molecule has 32 heavy (non-hydrogen) atoms. The number of ketones is 2. The molecule has 4 unspecified atom stereocenters. The van der Waals surface area contributed by atoms with E-state index in [2.05, 4.69) is 0 Å². The molecule has 0 saturated carbocycles. The van der Waals surface area contributed by atoms with Crippen LogP contribution >= 0.6 is 21.6 Å². The van der Waals surface area contributed by atoms with Crippen molar-refractivity contribution in [1.82, 2.24) is 0 Å². The largest absolute Gasteiger partial charge is 0.480 e. The summed E-state index contributed by atoms with van der Waals surface area (Å²) in [6, 6.07) is -6.49. The van der Waals surface area contributed by atoms with Crippen LogP contribution in [-0.4, -0.2) is 90.5 Å². The highest BCUT2D eigenvalue weighted by atomic mass is 33.1. The maximum Gasteiger partial charge on any atom is 0.322 e. The summed E-state index contributed by atoms with van der Waals surface area (Å²) in [5, 5.41) is 36.1. The molecule has 0 saturated heterocycles. The van der Waals surface area contributed by atoms with E-state index >= 15 is 0 Å². The van der Waals surface area contributed by atoms with Gasteiger partial charge in [-0.1, -0.05) is 21.6 Å². The van der Waals surface area contributed by atoms with Crippen LogP contribution in [0.1, 0.15) is 25.7 Å². The molecule has 0 rings (SSSR count). The highest BCUT2D eigenvalue weighted by Crippen LogP contribution is 2.42. The number of hydrogen-bond acceptors (Lipinski definition) is 12. The molecule has 0 aliphatic rings. The Kier molecular flexibility index (Phi) is 12.4. The minimum absolute atomic E-state index is 0.335. The number of carbonyl (C=O) groups is 6. The molecule has 0 aromatic rings. The van der Waals surface area contributed by atoms with E-state index in [0.717, 1.165) is 0 Å². The molecule has 0 heterocycles. The number of carboxylic acid groups (broad SMARTS) is 4. The fourth-order valence-corrected chi connectivity index (χ4v) is 5.49. The second kappa shape index (κ2) is 13.3. The predicted molar refractivity (Wildman–Crippen MR) is 114 cm³/mol. The Morgan fingerprint density at radius 2 is 1.03 bits per heavy atom. The van der Waals surface area contributed by atoms with Crippen LogP contribution in [0.15, 0.2) is 0 Å². The van der Waals surface area contributed by atoms with Crippen LogP contribution in [0, 0.1) is 0 Å². The zero-order chi connectivity index (χ0) is 25.2. The Labute approximate surface area is 189 Å². The average molecular weight is 499 g/mol. The van der Waals surface area contributed by atoms with Gasteiger partial charge < -0.3 is 43.4 Å². The van der Waals surface area contributed by atoms with Gasteiger partial charge in [0.25, 0.3) is 0 Å². The van der Waals surface area contributed by atoms with Gasteiger partial charge in [-0.15, -0.1) is 0 Å². The molecule has 0 spiro atoms. The van der Waals surface area contributed by atoms with Gasteiger partial charge in [0.15, 0.2) is 16.3 Å². The summed E-state index contributed by atoms with van der Waals surface area (Å²) in [6.07, 6.45) is -2.15. The fraction of sp³-hybridized carbons (Fsp3) is 0.625. The third-order valence-corrected chi connectivity index (χ3v) is 7.42. The first-order valence-corrected chi connectivity index (χ1v) is 11.3. The summed E-state index contributed by atoms with van der Waals surface area (Å²) in [4.78, 5) is 70.4. The normalized spacial score (nSPS) is 16.8. The second-order valence-corrected chi connectivity index (χ2v) is 9.26. The van der Waals surface area contributed by atoms with E-state index < -0.39 is 90.0 Å². The SMILES string of the molecule is NC(CCC(=O)C(SSCC(N)C(=O)O)(C(=O)CCC(N)C(=O)O)C(N)C(=O)O)C(=O)O. The number of carboxylic acids is 4. The van der Waals surface area contributed by atoms with Crippen molar-refractivity contribution in [1.29, 1.82) is 0 Å². The van der Waals surface area contributed by atoms with Crippen LogP contribution in [0.2, 0.25) is 0 Å². The smallest absolute Gasteiger partial charge is 0.322 e. The van der Waals surface area contributed by atoms with Crippen LogP contribution in [0.4, 0.5) is 0 Å². The lowest BCUT2D eigenvalue weighted by Crippen LogP contribution is -2.60. The standard InChI is InChI=1S/C16H26N4O10S2/c17-6(12(23)24)1-3-9(21)16(11(20)15(29)30,32-31-5-8(19)14(27)28)10(22)4-2-7(18)13(25)26/h6-8,11H,1-5,17-20H2,(H,23,24)(H,25,26)(H,27,28)(H,29,30). The molecule has 0 aliphatic carbocycles. The van der Waals surface area contributed by atoms with Crippen LogP contribution in [0.5, 0.6) is 0 Å². The van der Waals surface area contributed by atoms with E-state index in [4.69, 9.17) is 38.3 Å². The highest BCUT2D eigenvalue weighted by molar-refractivity contribution is 8.77. The molecule has 0 aromatic carbocycles. The van der Waals surface area contributed by atoms with Gasteiger partial charge in [0.1, 0.15) is 24.2 Å². The lowest BCUT2D eigenvalue weighted by Gasteiger charge is -2.33. The molecule has 12 N–H and O–H groups in total. The second-order valence-electron chi connectivity index (χ2n) is 6.68. The molecule has 0 aliphatic heterocycles. The molecule has 4 atom stereocenters. The summed E-state index contributed by atoms with van der Waals surface area (Å²) in [6.45, 7) is 0. The number of rotatable bonds is 17. The van der Waals surface area contributed by atoms with Gasteiger partial charge in [-0.2, -0.15) is 0 Å². The summed E-state index contributed by atoms with van der Waals surface area (Å²) in [7, 11) is 0.990. The van der Waals surface area contributed by atoms with Crippen molar-refractivity contribution in [2.45, 2.75) is 54.6 Å². The van der Waals surface area contributed by atoms with Crippen molar-refractivity contribution < 1.29 is 49.2 Å². The summed E-state index contributed by atoms with van der Waals surface area (Å²) in [5.74, 6) is -8.44. The summed E-state index contributed by atoms with van der Waals surface area (Å²) < 4.78 is -2.49. The molecule has 182 valence electrons. The summed E-state index contributed by atoms with van der Waals surface area (Å²) >= 11 is 0. The van der Waals surface area contributed by atoms with E-state index in [1.807, 2.05) is 0 Å². The quantitative estimate of drug-likeness (QED) is 0.0756. The number of Topliss-reactive ketones (excluding diaryl/α,β-unsaturated/α-hetero) is 2. The van der Waals surface area contributed by atoms with Crippen molar-refractivity contribution in [3.05, 3.63) is 0 Å². The molecule has 14 nitrogen and oxygen atoms in total. The molecule has 0 radical (unpaired) electrons. The van der Waals surface area contributed by atoms with E-state index in [1.54, 1.807) is 0 Å². The number of nitrogens with two attached hydrogens (primary N) is 4. The van der Waals surface area contributed by atoms with E-state index in [1.165, 1.54) is 0 Å². The summed E-state index contributed by atoms with van der Waals surface area (Å²) in [5.41, 5.74) is 21.8. The Morgan fingerprint density at radius 3 is 1.34 bits per heavy atom. The van der Waals surface area contributed by atoms with Crippen LogP contribution in [-0.2, 0) is 28.8 Å². The topological polar surface area (TPSA) is 287 Å². The zero-order valence-corrected chi connectivity index (χ0v) is 18.3. The third-order valence-electron chi connectivity index (χ3n) is 4.29. The first-order valence-electron chi connectivity index (χ1n) is 8.99. The zero-order valence-electron chi connectivity index (χ0n) is 16.7. The highest BCUT2D eigenvalue weighted by Gasteiger charge is 2.53. The van der Waals surface area contributed by atoms with Crippen LogP contribution < -0.4 is 22.9 Å². The van der Waals surface area contributed by atoms with Crippen molar-refractivity contribution in [3.8, 4) is 0 Å². The van der Waals surface area contributed by atoms with Crippen molar-refractivity contribution in [2.75, 3.05) is 5.75 Å². The van der Waals surface area contributed by atoms with Crippen molar-refractivity contribution >= 4 is 57.0 Å². The van der Waals surface area contributed by atoms with Gasteiger partial charge >= 0.3 is 23.9 Å². The molecule has 0 amide bonds. The number of carbonyl (C=O) groups excluding carboxylic acids is 2. The minimum Gasteiger partial charge on any atom is -0.480 e. The van der Waals surface area contributed by atoms with E-state index in [-0.39, 0.29) is 5.75 Å². The lowest BCUT2D eigenvalue weighted by atomic mass is 9.84. The first kappa shape index (κ1) is 29.8. The molecule has 0 bridgehead atoms. The first-order chi connectivity index (χ1) is 14.7. The van der Waals surface area contributed by atoms with E-state index in [0.29, 0.717) is 21.6 Å². The van der Waals surface area contributed by atoms with Gasteiger partial charge in [0, 0.05) is 18.6 Å². The van der Waals surface area contributed by atoms with Gasteiger partial charge in [-0.25, -0.2) is 0 Å². The average Bonchev–Trinajstić information content (AvgIpc) is 2.71. The Balaban J connectivity index is 6.02. The van der Waals surface area contributed by atoms with Crippen molar-refractivity contribution in [3.63, 3.8) is 0 Å². The van der Waals surface area contributed by atoms with Gasteiger partial charge in [0.05, 0.1) is 0 Å². The Bertz CT molecular complexity index is 714. The molecule has 0 aromatic heterocycles. The monoisotopic (exact) mass is 498 g/mol. The van der Waals surface area contributed by atoms with Gasteiger partial charge in [-0.3, -0.25) is 28.8 Å². The Hall–Kier alpha value is -2.24. The third kappa shape index (κ3) is 8.36. The molecule has 16 heteroatoms. The van der Waals surface area contributed by atoms with Gasteiger partial charge in [-0.05, 0) is 12.8 Å². The molecular weight excluding hydrogens is 472 g/mol. The van der Waals surface area contributed by atoms with E-state index in [9.17, 15) is 33.9 Å². The number of aliphatic carboxylic acids is 4. The Morgan fingerprint density at radius 1 is 0.656 bits per heavy atom.